The van der Waals surface area contributed by atoms with Crippen LogP contribution in [0.3, 0.4) is 0 Å². The molecule has 0 aromatic carbocycles. The van der Waals surface area contributed by atoms with Gasteiger partial charge in [0.2, 0.25) is 5.91 Å². The number of aromatic nitrogens is 3. The Morgan fingerprint density at radius 2 is 2.21 bits per heavy atom. The second-order valence-corrected chi connectivity index (χ2v) is 4.78. The molecule has 1 heterocycles. The molecule has 0 aliphatic heterocycles. The monoisotopic (exact) mass is 268 g/mol. The highest BCUT2D eigenvalue weighted by Gasteiger charge is 2.14. The van der Waals surface area contributed by atoms with E-state index in [0.29, 0.717) is 25.1 Å². The molecule has 0 unspecified atom stereocenters. The van der Waals surface area contributed by atoms with Gasteiger partial charge in [-0.3, -0.25) is 9.78 Å². The van der Waals surface area contributed by atoms with Crippen LogP contribution in [-0.2, 0) is 16.0 Å². The van der Waals surface area contributed by atoms with Crippen molar-refractivity contribution in [2.24, 2.45) is 0 Å². The Hall–Kier alpha value is -1.63. The molecule has 7 nitrogen and oxygen atoms in total. The fourth-order valence-corrected chi connectivity index (χ4v) is 2.21. The van der Waals surface area contributed by atoms with Crippen molar-refractivity contribution in [3.05, 3.63) is 16.3 Å². The zero-order valence-corrected chi connectivity index (χ0v) is 10.9. The Labute approximate surface area is 111 Å². The topological polar surface area (TPSA) is 99.9 Å². The van der Waals surface area contributed by atoms with Crippen LogP contribution in [0.2, 0.25) is 0 Å². The number of aromatic amines is 2. The first-order chi connectivity index (χ1) is 9.24. The van der Waals surface area contributed by atoms with Crippen LogP contribution in [0.4, 0.5) is 0 Å². The van der Waals surface area contributed by atoms with Crippen LogP contribution >= 0.6 is 0 Å². The van der Waals surface area contributed by atoms with E-state index in [4.69, 9.17) is 4.74 Å². The van der Waals surface area contributed by atoms with Gasteiger partial charge >= 0.3 is 5.69 Å². The molecule has 1 amide bonds. The largest absolute Gasteiger partial charge is 0.378 e. The molecule has 1 aliphatic rings. The van der Waals surface area contributed by atoms with E-state index in [0.717, 1.165) is 6.42 Å². The quantitative estimate of drug-likeness (QED) is 0.611. The third-order valence-electron chi connectivity index (χ3n) is 3.18. The van der Waals surface area contributed by atoms with Gasteiger partial charge in [-0.1, -0.05) is 12.8 Å². The van der Waals surface area contributed by atoms with E-state index in [1.165, 1.54) is 25.7 Å². The molecule has 1 aromatic rings. The number of ether oxygens (including phenoxy) is 1. The Bertz CT molecular complexity index is 448. The number of hydrogen-bond donors (Lipinski definition) is 3. The van der Waals surface area contributed by atoms with Crippen molar-refractivity contribution in [2.75, 3.05) is 13.2 Å². The maximum atomic E-state index is 11.5. The predicted octanol–water partition coefficient (Wildman–Crippen LogP) is 0.106. The van der Waals surface area contributed by atoms with Crippen molar-refractivity contribution in [3.8, 4) is 0 Å². The lowest BCUT2D eigenvalue weighted by Gasteiger charge is -2.10. The van der Waals surface area contributed by atoms with Crippen LogP contribution < -0.4 is 11.0 Å². The van der Waals surface area contributed by atoms with E-state index in [-0.39, 0.29) is 12.3 Å². The minimum absolute atomic E-state index is 0.0855. The summed E-state index contributed by atoms with van der Waals surface area (Å²) < 4.78 is 5.69. The van der Waals surface area contributed by atoms with Gasteiger partial charge in [0.05, 0.1) is 12.5 Å². The molecule has 2 rings (SSSR count). The summed E-state index contributed by atoms with van der Waals surface area (Å²) in [5.74, 6) is 0.202. The molecule has 0 spiro atoms. The Kier molecular flexibility index (Phi) is 5.14. The molecule has 0 atom stereocenters. The predicted molar refractivity (Wildman–Crippen MR) is 68.7 cm³/mol. The lowest BCUT2D eigenvalue weighted by Crippen LogP contribution is -2.27. The average molecular weight is 268 g/mol. The third-order valence-corrected chi connectivity index (χ3v) is 3.18. The number of nitrogens with zero attached hydrogens (tertiary/aromatic N) is 1. The van der Waals surface area contributed by atoms with Crippen molar-refractivity contribution in [2.45, 2.75) is 44.6 Å². The maximum absolute atomic E-state index is 11.5. The van der Waals surface area contributed by atoms with Crippen LogP contribution in [0.1, 0.15) is 37.9 Å². The second kappa shape index (κ2) is 7.08. The molecule has 1 saturated carbocycles. The summed E-state index contributed by atoms with van der Waals surface area (Å²) in [6, 6.07) is 0. The van der Waals surface area contributed by atoms with Gasteiger partial charge in [0.25, 0.3) is 0 Å². The van der Waals surface area contributed by atoms with Crippen LogP contribution in [0.15, 0.2) is 4.79 Å². The van der Waals surface area contributed by atoms with Crippen LogP contribution in [0.25, 0.3) is 0 Å². The molecule has 0 radical (unpaired) electrons. The van der Waals surface area contributed by atoms with Gasteiger partial charge in [0, 0.05) is 13.2 Å². The molecule has 1 aliphatic carbocycles. The molecule has 1 fully saturated rings. The summed E-state index contributed by atoms with van der Waals surface area (Å²) in [6.45, 7) is 1.27. The minimum Gasteiger partial charge on any atom is -0.378 e. The summed E-state index contributed by atoms with van der Waals surface area (Å²) in [7, 11) is 0. The van der Waals surface area contributed by atoms with Crippen molar-refractivity contribution in [1.29, 1.82) is 0 Å². The van der Waals surface area contributed by atoms with Crippen LogP contribution in [0.5, 0.6) is 0 Å². The van der Waals surface area contributed by atoms with E-state index in [2.05, 4.69) is 20.5 Å². The number of amides is 1. The second-order valence-electron chi connectivity index (χ2n) is 4.78. The van der Waals surface area contributed by atoms with Gasteiger partial charge in [-0.2, -0.15) is 5.10 Å². The van der Waals surface area contributed by atoms with Crippen molar-refractivity contribution < 1.29 is 9.53 Å². The van der Waals surface area contributed by atoms with Gasteiger partial charge in [-0.25, -0.2) is 9.89 Å². The van der Waals surface area contributed by atoms with E-state index in [1.807, 2.05) is 0 Å². The Morgan fingerprint density at radius 3 is 2.89 bits per heavy atom. The Morgan fingerprint density at radius 1 is 1.42 bits per heavy atom. The average Bonchev–Trinajstić information content (AvgIpc) is 3.01. The van der Waals surface area contributed by atoms with Crippen LogP contribution in [0, 0.1) is 0 Å². The number of nitrogens with one attached hydrogen (secondary N) is 3. The molecule has 106 valence electrons. The standard InChI is InChI=1S/C12H20N4O3/c17-11(8-10-14-12(18)16-15-10)13-6-3-7-19-9-4-1-2-5-9/h9H,1-8H2,(H,13,17)(H2,14,15,16,18). The highest BCUT2D eigenvalue weighted by atomic mass is 16.5. The maximum Gasteiger partial charge on any atom is 0.340 e. The molecule has 1 aromatic heterocycles. The smallest absolute Gasteiger partial charge is 0.340 e. The van der Waals surface area contributed by atoms with Crippen molar-refractivity contribution in [3.63, 3.8) is 0 Å². The zero-order chi connectivity index (χ0) is 13.5. The molecular weight excluding hydrogens is 248 g/mol. The first kappa shape index (κ1) is 13.8. The van der Waals surface area contributed by atoms with Gasteiger partial charge in [0.1, 0.15) is 5.82 Å². The first-order valence-electron chi connectivity index (χ1n) is 6.76. The van der Waals surface area contributed by atoms with E-state index < -0.39 is 5.69 Å². The van der Waals surface area contributed by atoms with Crippen molar-refractivity contribution in [1.82, 2.24) is 20.5 Å². The number of rotatable bonds is 7. The van der Waals surface area contributed by atoms with E-state index >= 15 is 0 Å². The zero-order valence-electron chi connectivity index (χ0n) is 10.9. The summed E-state index contributed by atoms with van der Waals surface area (Å²) >= 11 is 0. The fourth-order valence-electron chi connectivity index (χ4n) is 2.21. The van der Waals surface area contributed by atoms with E-state index in [1.54, 1.807) is 0 Å². The van der Waals surface area contributed by atoms with E-state index in [9.17, 15) is 9.59 Å². The summed E-state index contributed by atoms with van der Waals surface area (Å²) in [6.07, 6.45) is 6.18. The Balaban J connectivity index is 1.52. The highest BCUT2D eigenvalue weighted by molar-refractivity contribution is 5.77. The molecule has 19 heavy (non-hydrogen) atoms. The summed E-state index contributed by atoms with van der Waals surface area (Å²) in [5.41, 5.74) is -0.396. The normalized spacial score (nSPS) is 15.8. The first-order valence-corrected chi connectivity index (χ1v) is 6.76. The molecule has 0 saturated heterocycles. The SMILES string of the molecule is O=C(Cc1n[nH]c(=O)[nH]1)NCCCOC1CCCC1. The number of H-pyrrole nitrogens is 2. The molecular formula is C12H20N4O3. The molecule has 7 heteroatoms. The third kappa shape index (κ3) is 4.86. The minimum atomic E-state index is -0.396. The lowest BCUT2D eigenvalue weighted by molar-refractivity contribution is -0.120. The lowest BCUT2D eigenvalue weighted by atomic mass is 10.3. The van der Waals surface area contributed by atoms with Gasteiger partial charge in [-0.05, 0) is 19.3 Å². The van der Waals surface area contributed by atoms with Gasteiger partial charge in [-0.15, -0.1) is 0 Å². The highest BCUT2D eigenvalue weighted by Crippen LogP contribution is 2.20. The summed E-state index contributed by atoms with van der Waals surface area (Å²) in [5, 5.41) is 8.67. The fraction of sp³-hybridized carbons (Fsp3) is 0.750. The number of hydrogen-bond acceptors (Lipinski definition) is 4. The molecule has 0 bridgehead atoms. The number of carbonyl (C=O) groups is 1. The molecule has 3 N–H and O–H groups in total. The summed E-state index contributed by atoms with van der Waals surface area (Å²) in [4.78, 5) is 24.7. The van der Waals surface area contributed by atoms with Crippen LogP contribution in [-0.4, -0.2) is 40.3 Å². The van der Waals surface area contributed by atoms with Gasteiger partial charge in [0.15, 0.2) is 0 Å². The number of carbonyl (C=O) groups excluding carboxylic acids is 1. The van der Waals surface area contributed by atoms with Gasteiger partial charge < -0.3 is 10.1 Å². The van der Waals surface area contributed by atoms with Crippen molar-refractivity contribution >= 4 is 5.91 Å².